The van der Waals surface area contributed by atoms with Crippen LogP contribution < -0.4 is 0 Å². The number of aliphatic hydroxyl groups is 2. The second kappa shape index (κ2) is 58.5. The number of carbonyl (C=O) groups is 4. The summed E-state index contributed by atoms with van der Waals surface area (Å²) in [5.74, 6) is -3.14. The molecular formula is C71H122O12. The van der Waals surface area contributed by atoms with Crippen LogP contribution in [0, 0.1) is 0 Å². The van der Waals surface area contributed by atoms with Crippen LogP contribution in [0.3, 0.4) is 0 Å². The van der Waals surface area contributed by atoms with Gasteiger partial charge in [-0.15, -0.1) is 0 Å². The molecule has 1 heterocycles. The molecule has 1 aliphatic heterocycles. The Morgan fingerprint density at radius 3 is 1.18 bits per heavy atom. The molecule has 0 radical (unpaired) electrons. The average Bonchev–Trinajstić information content (AvgIpc) is 3.57. The third-order valence-electron chi connectivity index (χ3n) is 15.3. The van der Waals surface area contributed by atoms with E-state index in [1.165, 1.54) is 122 Å². The molecule has 1 aliphatic rings. The summed E-state index contributed by atoms with van der Waals surface area (Å²) in [6.07, 6.45) is 62.8. The first-order valence-electron chi connectivity index (χ1n) is 33.9. The fourth-order valence-electron chi connectivity index (χ4n) is 10.1. The highest BCUT2D eigenvalue weighted by Crippen LogP contribution is 2.27. The molecule has 0 aromatic heterocycles. The summed E-state index contributed by atoms with van der Waals surface area (Å²) in [5.41, 5.74) is 0. The Kier molecular flexibility index (Phi) is 54.4. The molecule has 1 fully saturated rings. The van der Waals surface area contributed by atoms with Gasteiger partial charge >= 0.3 is 23.9 Å². The van der Waals surface area contributed by atoms with Crippen LogP contribution in [0.15, 0.2) is 72.9 Å². The van der Waals surface area contributed by atoms with E-state index in [-0.39, 0.29) is 25.9 Å². The molecule has 0 amide bonds. The Morgan fingerprint density at radius 1 is 0.410 bits per heavy atom. The predicted molar refractivity (Wildman–Crippen MR) is 340 cm³/mol. The third kappa shape index (κ3) is 48.0. The van der Waals surface area contributed by atoms with Gasteiger partial charge in [-0.05, 0) is 89.9 Å². The van der Waals surface area contributed by atoms with E-state index in [2.05, 4.69) is 93.7 Å². The summed E-state index contributed by atoms with van der Waals surface area (Å²) >= 11 is 0. The first-order chi connectivity index (χ1) is 40.6. The minimum Gasteiger partial charge on any atom is -0.479 e. The van der Waals surface area contributed by atoms with Crippen LogP contribution in [-0.2, 0) is 42.9 Å². The Hall–Kier alpha value is -3.84. The Labute approximate surface area is 506 Å². The maximum atomic E-state index is 13.2. The highest BCUT2D eigenvalue weighted by molar-refractivity contribution is 5.74. The first kappa shape index (κ1) is 77.2. The molecule has 0 aromatic rings. The van der Waals surface area contributed by atoms with Gasteiger partial charge in [-0.2, -0.15) is 0 Å². The van der Waals surface area contributed by atoms with E-state index < -0.39 is 67.3 Å². The van der Waals surface area contributed by atoms with Gasteiger partial charge in [-0.1, -0.05) is 267 Å². The molecule has 6 atom stereocenters. The molecule has 0 aliphatic carbocycles. The molecule has 6 unspecified atom stereocenters. The second-order valence-electron chi connectivity index (χ2n) is 23.1. The normalized spacial score (nSPS) is 18.0. The van der Waals surface area contributed by atoms with Gasteiger partial charge in [0.05, 0.1) is 6.61 Å². The zero-order chi connectivity index (χ0) is 60.3. The lowest BCUT2D eigenvalue weighted by Gasteiger charge is -2.40. The molecular weight excluding hydrogens is 1040 g/mol. The number of esters is 3. The molecule has 478 valence electrons. The van der Waals surface area contributed by atoms with Gasteiger partial charge in [-0.25, -0.2) is 4.79 Å². The smallest absolute Gasteiger partial charge is 0.335 e. The minimum absolute atomic E-state index is 0.0393. The van der Waals surface area contributed by atoms with E-state index in [0.717, 1.165) is 122 Å². The van der Waals surface area contributed by atoms with Crippen molar-refractivity contribution in [3.63, 3.8) is 0 Å². The summed E-state index contributed by atoms with van der Waals surface area (Å²) in [6.45, 7) is 5.88. The van der Waals surface area contributed by atoms with Crippen molar-refractivity contribution >= 4 is 23.9 Å². The van der Waals surface area contributed by atoms with Crippen LogP contribution in [0.4, 0.5) is 0 Å². The second-order valence-corrected chi connectivity index (χ2v) is 23.1. The summed E-state index contributed by atoms with van der Waals surface area (Å²) in [6, 6.07) is 0. The number of ether oxygens (including phenoxy) is 5. The third-order valence-corrected chi connectivity index (χ3v) is 15.3. The number of aliphatic carboxylic acids is 1. The van der Waals surface area contributed by atoms with Gasteiger partial charge in [0.2, 0.25) is 0 Å². The lowest BCUT2D eigenvalue weighted by atomic mass is 9.98. The number of unbranched alkanes of at least 4 members (excludes halogenated alkanes) is 32. The van der Waals surface area contributed by atoms with Crippen molar-refractivity contribution in [1.29, 1.82) is 0 Å². The average molecular weight is 1170 g/mol. The van der Waals surface area contributed by atoms with E-state index in [4.69, 9.17) is 23.7 Å². The zero-order valence-corrected chi connectivity index (χ0v) is 52.9. The molecule has 83 heavy (non-hydrogen) atoms. The van der Waals surface area contributed by atoms with Crippen molar-refractivity contribution in [2.24, 2.45) is 0 Å². The fourth-order valence-corrected chi connectivity index (χ4v) is 10.1. The molecule has 3 N–H and O–H groups in total. The van der Waals surface area contributed by atoms with Gasteiger partial charge in [0.25, 0.3) is 0 Å². The van der Waals surface area contributed by atoms with Crippen molar-refractivity contribution in [3.05, 3.63) is 72.9 Å². The predicted octanol–water partition coefficient (Wildman–Crippen LogP) is 18.5. The number of hydrogen-bond donors (Lipinski definition) is 3. The summed E-state index contributed by atoms with van der Waals surface area (Å²) in [7, 11) is 0. The number of carboxylic acids is 1. The van der Waals surface area contributed by atoms with E-state index in [0.29, 0.717) is 19.3 Å². The van der Waals surface area contributed by atoms with Crippen LogP contribution in [0.5, 0.6) is 0 Å². The van der Waals surface area contributed by atoms with Crippen molar-refractivity contribution in [3.8, 4) is 0 Å². The van der Waals surface area contributed by atoms with Crippen molar-refractivity contribution in [2.45, 2.75) is 340 Å². The van der Waals surface area contributed by atoms with E-state index in [9.17, 15) is 34.5 Å². The Morgan fingerprint density at radius 2 is 0.759 bits per heavy atom. The first-order valence-corrected chi connectivity index (χ1v) is 33.9. The Bertz CT molecular complexity index is 1720. The van der Waals surface area contributed by atoms with Crippen LogP contribution in [0.2, 0.25) is 0 Å². The van der Waals surface area contributed by atoms with Crippen LogP contribution in [0.1, 0.15) is 303 Å². The van der Waals surface area contributed by atoms with Crippen LogP contribution in [0.25, 0.3) is 0 Å². The number of rotatable bonds is 58. The monoisotopic (exact) mass is 1170 g/mol. The highest BCUT2D eigenvalue weighted by Gasteiger charge is 2.50. The van der Waals surface area contributed by atoms with Crippen molar-refractivity contribution < 1.29 is 58.2 Å². The molecule has 0 bridgehead atoms. The number of carbonyl (C=O) groups excluding carboxylic acids is 3. The van der Waals surface area contributed by atoms with Gasteiger partial charge in [0, 0.05) is 19.3 Å². The van der Waals surface area contributed by atoms with Crippen molar-refractivity contribution in [1.82, 2.24) is 0 Å². The van der Waals surface area contributed by atoms with Gasteiger partial charge in [0.1, 0.15) is 18.8 Å². The number of hydrogen-bond acceptors (Lipinski definition) is 11. The lowest BCUT2D eigenvalue weighted by Crippen LogP contribution is -2.61. The molecule has 1 saturated heterocycles. The molecule has 0 spiro atoms. The number of allylic oxidation sites excluding steroid dienone is 12. The summed E-state index contributed by atoms with van der Waals surface area (Å²) in [5, 5.41) is 31.6. The van der Waals surface area contributed by atoms with Crippen LogP contribution in [-0.4, -0.2) is 89.2 Å². The largest absolute Gasteiger partial charge is 0.479 e. The molecule has 12 heteroatoms. The SMILES string of the molecule is CC/C=C\C/C=C\C/C=C\CCCCCCCC(=O)OC1C(OCC(COC(=O)CCCCCCCC/C=C\C/C=C\C/C=C\CCCCC)OC(=O)CCCCCCCCCCCCCCCCCCCCC)OC(C(=O)O)C(O)C1O. The van der Waals surface area contributed by atoms with E-state index in [1.54, 1.807) is 0 Å². The highest BCUT2D eigenvalue weighted by atomic mass is 16.7. The summed E-state index contributed by atoms with van der Waals surface area (Å²) in [4.78, 5) is 51.4. The van der Waals surface area contributed by atoms with E-state index >= 15 is 0 Å². The van der Waals surface area contributed by atoms with Gasteiger partial charge in [-0.3, -0.25) is 14.4 Å². The maximum absolute atomic E-state index is 13.2. The minimum atomic E-state index is -1.91. The number of aliphatic hydroxyl groups excluding tert-OH is 2. The summed E-state index contributed by atoms with van der Waals surface area (Å²) < 4.78 is 28.6. The molecule has 0 aromatic carbocycles. The molecule has 0 saturated carbocycles. The lowest BCUT2D eigenvalue weighted by molar-refractivity contribution is -0.301. The van der Waals surface area contributed by atoms with Gasteiger partial charge < -0.3 is 39.0 Å². The molecule has 12 nitrogen and oxygen atoms in total. The van der Waals surface area contributed by atoms with E-state index in [1.807, 2.05) is 0 Å². The maximum Gasteiger partial charge on any atom is 0.335 e. The fraction of sp³-hybridized carbons (Fsp3) is 0.775. The van der Waals surface area contributed by atoms with Crippen molar-refractivity contribution in [2.75, 3.05) is 13.2 Å². The topological polar surface area (TPSA) is 175 Å². The zero-order valence-electron chi connectivity index (χ0n) is 52.9. The van der Waals surface area contributed by atoms with Crippen LogP contribution >= 0.6 is 0 Å². The number of carboxylic acid groups (broad SMARTS) is 1. The Balaban J connectivity index is 2.65. The van der Waals surface area contributed by atoms with Gasteiger partial charge in [0.15, 0.2) is 24.6 Å². The molecule has 1 rings (SSSR count). The standard InChI is InChI=1S/C71H122O12/c1-4-7-10-13-16-19-22-25-28-30-32-34-37-39-42-45-48-51-54-57-63(72)79-60-62(81-64(73)58-55-52-49-46-43-41-38-35-33-31-29-26-23-20-17-14-11-8-5-2)61-80-71-69(67(76)66(75)68(83-71)70(77)78)82-65(74)59-56-53-50-47-44-40-36-27-24-21-18-15-12-9-6-3/h9,12,16,18-19,21,25,27-28,32,34,36,62,66-69,71,75-76H,4-8,10-11,13-15,17,20,22-24,26,29-31,33,35,37-61H2,1-3H3,(H,77,78)/b12-9-,19-16-,21-18-,28-25-,34-32-,36-27-. The quantitative estimate of drug-likeness (QED) is 0.0228.